The fourth-order valence-corrected chi connectivity index (χ4v) is 4.41. The van der Waals surface area contributed by atoms with Crippen LogP contribution in [0.5, 0.6) is 0 Å². The number of carbonyl (C=O) groups is 1. The summed E-state index contributed by atoms with van der Waals surface area (Å²) in [6.45, 7) is 1.36. The van der Waals surface area contributed by atoms with Gasteiger partial charge in [-0.15, -0.1) is 27.8 Å². The zero-order chi connectivity index (χ0) is 16.1. The Labute approximate surface area is 146 Å². The maximum absolute atomic E-state index is 12.5. The van der Waals surface area contributed by atoms with Crippen LogP contribution in [0.15, 0.2) is 29.1 Å². The van der Waals surface area contributed by atoms with Crippen LogP contribution >= 0.6 is 22.7 Å². The van der Waals surface area contributed by atoms with E-state index >= 15 is 0 Å². The third-order valence-electron chi connectivity index (χ3n) is 4.51. The molecule has 5 rings (SSSR count). The smallest absolute Gasteiger partial charge is 0.282 e. The van der Waals surface area contributed by atoms with E-state index in [4.69, 9.17) is 0 Å². The summed E-state index contributed by atoms with van der Waals surface area (Å²) in [5.41, 5.74) is 1.99. The van der Waals surface area contributed by atoms with E-state index in [-0.39, 0.29) is 11.9 Å². The quantitative estimate of drug-likeness (QED) is 0.720. The van der Waals surface area contributed by atoms with E-state index in [9.17, 15) is 4.79 Å². The summed E-state index contributed by atoms with van der Waals surface area (Å²) in [6.07, 6.45) is 4.50. The highest BCUT2D eigenvalue weighted by molar-refractivity contribution is 7.15. The van der Waals surface area contributed by atoms with E-state index < -0.39 is 0 Å². The molecule has 1 aliphatic carbocycles. The molecule has 1 saturated carbocycles. The summed E-state index contributed by atoms with van der Waals surface area (Å²) in [4.78, 5) is 20.0. The Balaban J connectivity index is 1.24. The van der Waals surface area contributed by atoms with Crippen LogP contribution in [0.3, 0.4) is 0 Å². The molecule has 6 nitrogen and oxygen atoms in total. The fourth-order valence-electron chi connectivity index (χ4n) is 2.87. The number of hydrogen-bond donors (Lipinski definition) is 0. The van der Waals surface area contributed by atoms with Crippen molar-refractivity contribution < 1.29 is 4.79 Å². The molecule has 2 fully saturated rings. The molecule has 0 bridgehead atoms. The first-order valence-electron chi connectivity index (χ1n) is 7.98. The third-order valence-corrected chi connectivity index (χ3v) is 6.23. The number of aromatic nitrogens is 4. The Hall–Kier alpha value is -2.06. The zero-order valence-corrected chi connectivity index (χ0v) is 14.5. The van der Waals surface area contributed by atoms with Crippen molar-refractivity contribution in [3.8, 4) is 10.6 Å². The monoisotopic (exact) mass is 357 g/mol. The van der Waals surface area contributed by atoms with Crippen LogP contribution in [-0.2, 0) is 0 Å². The van der Waals surface area contributed by atoms with Gasteiger partial charge in [-0.25, -0.2) is 9.67 Å². The van der Waals surface area contributed by atoms with Gasteiger partial charge in [0.05, 0.1) is 22.3 Å². The van der Waals surface area contributed by atoms with Gasteiger partial charge in [0, 0.05) is 30.6 Å². The molecule has 0 N–H and O–H groups in total. The van der Waals surface area contributed by atoms with E-state index in [1.54, 1.807) is 11.3 Å². The average Bonchev–Trinajstić information content (AvgIpc) is 3.02. The second-order valence-corrected chi connectivity index (χ2v) is 8.08. The highest BCUT2D eigenvalue weighted by Gasteiger charge is 2.35. The molecule has 8 heteroatoms. The molecule has 122 valence electrons. The minimum Gasteiger partial charge on any atom is -0.332 e. The molecular weight excluding hydrogens is 342 g/mol. The van der Waals surface area contributed by atoms with Gasteiger partial charge < -0.3 is 4.90 Å². The SMILES string of the molecule is O=C(c1nc(-c2cccs2)cs1)N1CC(n2cc(C3CC3)nn2)C1. The van der Waals surface area contributed by atoms with Crippen molar-refractivity contribution in [2.75, 3.05) is 13.1 Å². The van der Waals surface area contributed by atoms with Crippen molar-refractivity contribution in [2.45, 2.75) is 24.8 Å². The van der Waals surface area contributed by atoms with Gasteiger partial charge in [0.25, 0.3) is 5.91 Å². The summed E-state index contributed by atoms with van der Waals surface area (Å²) in [7, 11) is 0. The Kier molecular flexibility index (Phi) is 3.27. The van der Waals surface area contributed by atoms with E-state index in [1.165, 1.54) is 24.2 Å². The second-order valence-electron chi connectivity index (χ2n) is 6.28. The largest absolute Gasteiger partial charge is 0.332 e. The lowest BCUT2D eigenvalue weighted by molar-refractivity contribution is 0.0498. The van der Waals surface area contributed by atoms with Crippen molar-refractivity contribution in [3.05, 3.63) is 39.8 Å². The fraction of sp³-hybridized carbons (Fsp3) is 0.375. The maximum Gasteiger partial charge on any atom is 0.282 e. The second kappa shape index (κ2) is 5.49. The number of nitrogens with zero attached hydrogens (tertiary/aromatic N) is 5. The van der Waals surface area contributed by atoms with Crippen LogP contribution in [0.4, 0.5) is 0 Å². The topological polar surface area (TPSA) is 63.9 Å². The van der Waals surface area contributed by atoms with E-state index in [0.29, 0.717) is 24.0 Å². The molecule has 1 aliphatic heterocycles. The summed E-state index contributed by atoms with van der Waals surface area (Å²) < 4.78 is 1.91. The first-order valence-corrected chi connectivity index (χ1v) is 9.74. The number of likely N-dealkylation sites (tertiary alicyclic amines) is 1. The standard InChI is InChI=1S/C16H15N5OS2/c22-16(15-17-13(9-24-15)14-2-1-5-23-14)20-6-11(7-20)21-8-12(18-19-21)10-3-4-10/h1-2,5,8-11H,3-4,6-7H2. The van der Waals surface area contributed by atoms with Gasteiger partial charge in [-0.05, 0) is 24.3 Å². The van der Waals surface area contributed by atoms with Crippen molar-refractivity contribution >= 4 is 28.6 Å². The average molecular weight is 357 g/mol. The molecule has 1 amide bonds. The first kappa shape index (κ1) is 14.3. The number of thiazole rings is 1. The predicted molar refractivity (Wildman–Crippen MR) is 92.4 cm³/mol. The van der Waals surface area contributed by atoms with Gasteiger partial charge in [-0.1, -0.05) is 11.3 Å². The van der Waals surface area contributed by atoms with Crippen LogP contribution in [-0.4, -0.2) is 43.9 Å². The molecule has 0 aromatic carbocycles. The van der Waals surface area contributed by atoms with Gasteiger partial charge >= 0.3 is 0 Å². The Morgan fingerprint density at radius 2 is 2.12 bits per heavy atom. The normalized spacial score (nSPS) is 17.9. The van der Waals surface area contributed by atoms with Crippen LogP contribution in [0.25, 0.3) is 10.6 Å². The molecule has 0 atom stereocenters. The molecule has 4 heterocycles. The molecule has 0 unspecified atom stereocenters. The summed E-state index contributed by atoms with van der Waals surface area (Å²) in [6, 6.07) is 4.26. The van der Waals surface area contributed by atoms with Crippen molar-refractivity contribution in [1.29, 1.82) is 0 Å². The van der Waals surface area contributed by atoms with E-state index in [2.05, 4.69) is 15.3 Å². The number of amides is 1. The zero-order valence-electron chi connectivity index (χ0n) is 12.8. The van der Waals surface area contributed by atoms with Gasteiger partial charge in [0.2, 0.25) is 0 Å². The molecule has 1 saturated heterocycles. The Morgan fingerprint density at radius 1 is 1.25 bits per heavy atom. The first-order chi connectivity index (χ1) is 11.8. The minimum absolute atomic E-state index is 0.0154. The Morgan fingerprint density at radius 3 is 2.88 bits per heavy atom. The summed E-state index contributed by atoms with van der Waals surface area (Å²) in [5, 5.41) is 13.0. The van der Waals surface area contributed by atoms with Crippen LogP contribution in [0.1, 0.15) is 40.3 Å². The summed E-state index contributed by atoms with van der Waals surface area (Å²) in [5.74, 6) is 0.629. The van der Waals surface area contributed by atoms with Crippen molar-refractivity contribution in [1.82, 2.24) is 24.9 Å². The lowest BCUT2D eigenvalue weighted by Gasteiger charge is -2.38. The minimum atomic E-state index is 0.0154. The van der Waals surface area contributed by atoms with Gasteiger partial charge in [0.1, 0.15) is 0 Å². The van der Waals surface area contributed by atoms with E-state index in [0.717, 1.165) is 16.3 Å². The lowest BCUT2D eigenvalue weighted by Crippen LogP contribution is -2.50. The highest BCUT2D eigenvalue weighted by atomic mass is 32.1. The van der Waals surface area contributed by atoms with Crippen molar-refractivity contribution in [3.63, 3.8) is 0 Å². The number of hydrogen-bond acceptors (Lipinski definition) is 6. The molecule has 3 aromatic rings. The van der Waals surface area contributed by atoms with Gasteiger partial charge in [-0.3, -0.25) is 4.79 Å². The molecule has 0 radical (unpaired) electrons. The van der Waals surface area contributed by atoms with Crippen LogP contribution in [0, 0.1) is 0 Å². The van der Waals surface area contributed by atoms with Crippen molar-refractivity contribution in [2.24, 2.45) is 0 Å². The number of rotatable bonds is 4. The molecule has 0 spiro atoms. The molecule has 3 aromatic heterocycles. The Bertz CT molecular complexity index is 874. The van der Waals surface area contributed by atoms with E-state index in [1.807, 2.05) is 38.7 Å². The van der Waals surface area contributed by atoms with Gasteiger partial charge in [-0.2, -0.15) is 0 Å². The van der Waals surface area contributed by atoms with Crippen LogP contribution in [0.2, 0.25) is 0 Å². The molecule has 24 heavy (non-hydrogen) atoms. The summed E-state index contributed by atoms with van der Waals surface area (Å²) >= 11 is 3.05. The maximum atomic E-state index is 12.5. The number of thiophene rings is 1. The predicted octanol–water partition coefficient (Wildman–Crippen LogP) is 3.04. The third kappa shape index (κ3) is 2.46. The molecular formula is C16H15N5OS2. The van der Waals surface area contributed by atoms with Gasteiger partial charge in [0.15, 0.2) is 5.01 Å². The lowest BCUT2D eigenvalue weighted by atomic mass is 10.1. The van der Waals surface area contributed by atoms with Crippen LogP contribution < -0.4 is 0 Å². The number of carbonyl (C=O) groups excluding carboxylic acids is 1. The highest BCUT2D eigenvalue weighted by Crippen LogP contribution is 2.39. The molecule has 2 aliphatic rings.